The summed E-state index contributed by atoms with van der Waals surface area (Å²) in [6, 6.07) is 0. The second-order valence-electron chi connectivity index (χ2n) is 14.3. The Labute approximate surface area is 231 Å². The van der Waals surface area contributed by atoms with Gasteiger partial charge >= 0.3 is 0 Å². The van der Waals surface area contributed by atoms with Gasteiger partial charge in [0.15, 0.2) is 0 Å². The Bertz CT molecular complexity index is 1050. The predicted octanol–water partition coefficient (Wildman–Crippen LogP) is 9.31. The van der Waals surface area contributed by atoms with Crippen molar-refractivity contribution in [1.29, 1.82) is 0 Å². The summed E-state index contributed by atoms with van der Waals surface area (Å²) >= 11 is 0. The molecule has 0 aromatic rings. The molecule has 0 N–H and O–H groups in total. The van der Waals surface area contributed by atoms with Crippen molar-refractivity contribution in [2.24, 2.45) is 28.6 Å². The fraction of sp³-hybridized carbons (Fsp3) is 0.771. The third kappa shape index (κ3) is 4.12. The van der Waals surface area contributed by atoms with Crippen molar-refractivity contribution in [3.63, 3.8) is 0 Å². The standard InChI is InChI=1S/C35H50O3/c1-33-20-18-32-30(31(33)19-21-34(33,2)38-28-13-7-8-14-28)16-15-25-23-29(37-27-11-5-6-12-27)17-22-35(25,32)24-36-26-9-3-4-10-26/h9,11,13,15,29-32H,3-8,10,12,14,16-24H2,1-2H3/t29?,30-,31-,32+,33-,34?,35+/m0/s1. The molecule has 2 unspecified atom stereocenters. The van der Waals surface area contributed by atoms with E-state index < -0.39 is 0 Å². The molecule has 0 radical (unpaired) electrons. The second kappa shape index (κ2) is 9.77. The molecule has 0 amide bonds. The van der Waals surface area contributed by atoms with E-state index in [1.54, 1.807) is 5.57 Å². The van der Waals surface area contributed by atoms with Gasteiger partial charge in [-0.2, -0.15) is 0 Å². The fourth-order valence-corrected chi connectivity index (χ4v) is 10.2. The summed E-state index contributed by atoms with van der Waals surface area (Å²) < 4.78 is 20.2. The quantitative estimate of drug-likeness (QED) is 0.314. The molecule has 0 aromatic carbocycles. The summed E-state index contributed by atoms with van der Waals surface area (Å²) in [5.74, 6) is 6.07. The zero-order chi connectivity index (χ0) is 25.8. The van der Waals surface area contributed by atoms with Crippen molar-refractivity contribution in [3.8, 4) is 0 Å². The van der Waals surface area contributed by atoms with Crippen LogP contribution < -0.4 is 0 Å². The molecular weight excluding hydrogens is 468 g/mol. The van der Waals surface area contributed by atoms with E-state index in [0.29, 0.717) is 6.10 Å². The minimum atomic E-state index is -0.0123. The minimum Gasteiger partial charge on any atom is -0.497 e. The maximum absolute atomic E-state index is 6.93. The lowest BCUT2D eigenvalue weighted by Gasteiger charge is -2.59. The van der Waals surface area contributed by atoms with Crippen molar-refractivity contribution in [3.05, 3.63) is 47.2 Å². The maximum atomic E-state index is 6.93. The zero-order valence-electron chi connectivity index (χ0n) is 24.1. The predicted molar refractivity (Wildman–Crippen MR) is 152 cm³/mol. The molecule has 7 atom stereocenters. The summed E-state index contributed by atoms with van der Waals surface area (Å²) in [5, 5.41) is 0. The zero-order valence-corrected chi connectivity index (χ0v) is 24.1. The first-order valence-electron chi connectivity index (χ1n) is 16.2. The van der Waals surface area contributed by atoms with Gasteiger partial charge in [0, 0.05) is 36.5 Å². The first-order chi connectivity index (χ1) is 18.5. The normalized spacial score (nSPS) is 43.8. The smallest absolute Gasteiger partial charge is 0.111 e. The Morgan fingerprint density at radius 1 is 0.763 bits per heavy atom. The summed E-state index contributed by atoms with van der Waals surface area (Å²) in [5.41, 5.74) is 2.14. The molecule has 3 nitrogen and oxygen atoms in total. The monoisotopic (exact) mass is 518 g/mol. The third-order valence-corrected chi connectivity index (χ3v) is 12.5. The lowest BCUT2D eigenvalue weighted by Crippen LogP contribution is -2.56. The van der Waals surface area contributed by atoms with E-state index in [9.17, 15) is 0 Å². The van der Waals surface area contributed by atoms with Crippen LogP contribution in [-0.2, 0) is 14.2 Å². The maximum Gasteiger partial charge on any atom is 0.111 e. The van der Waals surface area contributed by atoms with Crippen LogP contribution >= 0.6 is 0 Å². The van der Waals surface area contributed by atoms with Crippen LogP contribution in [0.15, 0.2) is 47.2 Å². The van der Waals surface area contributed by atoms with Gasteiger partial charge in [0.2, 0.25) is 0 Å². The summed E-state index contributed by atoms with van der Waals surface area (Å²) in [7, 11) is 0. The van der Waals surface area contributed by atoms with E-state index in [1.165, 1.54) is 101 Å². The first kappa shape index (κ1) is 25.3. The Hall–Kier alpha value is -1.64. The molecule has 38 heavy (non-hydrogen) atoms. The molecule has 3 heteroatoms. The van der Waals surface area contributed by atoms with Gasteiger partial charge < -0.3 is 14.2 Å². The van der Waals surface area contributed by atoms with Gasteiger partial charge in [-0.3, -0.25) is 0 Å². The third-order valence-electron chi connectivity index (χ3n) is 12.5. The largest absolute Gasteiger partial charge is 0.497 e. The molecular formula is C35H50O3. The Balaban J connectivity index is 1.15. The second-order valence-corrected chi connectivity index (χ2v) is 14.3. The highest BCUT2D eigenvalue weighted by Crippen LogP contribution is 2.68. The van der Waals surface area contributed by atoms with Crippen LogP contribution in [0, 0.1) is 28.6 Å². The van der Waals surface area contributed by atoms with E-state index in [2.05, 4.69) is 38.2 Å². The summed E-state index contributed by atoms with van der Waals surface area (Å²) in [6.45, 7) is 5.95. The SMILES string of the molecule is CC1(OC2=CCCC2)CC[C@H]2[C@@H]3CC=C4CC(OC5=CCCC5)CC[C@]4(COC4=CCCC4)[C@@H]3CC[C@@]21C. The average Bonchev–Trinajstić information content (AvgIpc) is 3.73. The molecule has 7 rings (SSSR count). The van der Waals surface area contributed by atoms with E-state index in [1.807, 2.05) is 0 Å². The summed E-state index contributed by atoms with van der Waals surface area (Å²) in [4.78, 5) is 0. The van der Waals surface area contributed by atoms with Crippen molar-refractivity contribution in [2.75, 3.05) is 6.61 Å². The molecule has 0 spiro atoms. The van der Waals surface area contributed by atoms with E-state index in [0.717, 1.165) is 50.0 Å². The first-order valence-corrected chi connectivity index (χ1v) is 16.2. The van der Waals surface area contributed by atoms with Crippen LogP contribution in [0.2, 0.25) is 0 Å². The van der Waals surface area contributed by atoms with Crippen molar-refractivity contribution >= 4 is 0 Å². The van der Waals surface area contributed by atoms with Gasteiger partial charge in [0.25, 0.3) is 0 Å². The Morgan fingerprint density at radius 3 is 2.21 bits per heavy atom. The molecule has 0 bridgehead atoms. The lowest BCUT2D eigenvalue weighted by atomic mass is 9.46. The van der Waals surface area contributed by atoms with Crippen LogP contribution in [0.5, 0.6) is 0 Å². The number of rotatable bonds is 7. The van der Waals surface area contributed by atoms with E-state index >= 15 is 0 Å². The number of fused-ring (bicyclic) bond motifs is 5. The molecule has 0 heterocycles. The van der Waals surface area contributed by atoms with Gasteiger partial charge in [0.1, 0.15) is 11.7 Å². The van der Waals surface area contributed by atoms with Crippen molar-refractivity contribution < 1.29 is 14.2 Å². The van der Waals surface area contributed by atoms with Gasteiger partial charge in [-0.05, 0) is 126 Å². The molecule has 7 aliphatic carbocycles. The molecule has 208 valence electrons. The highest BCUT2D eigenvalue weighted by atomic mass is 16.5. The molecule has 0 aromatic heterocycles. The molecule has 3 fully saturated rings. The van der Waals surface area contributed by atoms with Gasteiger partial charge in [-0.1, -0.05) is 18.6 Å². The lowest BCUT2D eigenvalue weighted by molar-refractivity contribution is -0.136. The number of ether oxygens (including phenoxy) is 3. The fourth-order valence-electron chi connectivity index (χ4n) is 10.2. The van der Waals surface area contributed by atoms with Crippen LogP contribution in [0.1, 0.15) is 123 Å². The van der Waals surface area contributed by atoms with Crippen LogP contribution in [0.25, 0.3) is 0 Å². The number of allylic oxidation sites excluding steroid dienone is 7. The molecule has 0 saturated heterocycles. The number of hydrogen-bond acceptors (Lipinski definition) is 3. The molecule has 3 saturated carbocycles. The number of hydrogen-bond donors (Lipinski definition) is 0. The van der Waals surface area contributed by atoms with E-state index in [-0.39, 0.29) is 16.4 Å². The highest BCUT2D eigenvalue weighted by Gasteiger charge is 2.64. The average molecular weight is 519 g/mol. The van der Waals surface area contributed by atoms with Gasteiger partial charge in [-0.25, -0.2) is 0 Å². The van der Waals surface area contributed by atoms with Crippen molar-refractivity contribution in [2.45, 2.75) is 135 Å². The van der Waals surface area contributed by atoms with E-state index in [4.69, 9.17) is 14.2 Å². The van der Waals surface area contributed by atoms with Crippen LogP contribution in [0.3, 0.4) is 0 Å². The molecule has 7 aliphatic rings. The summed E-state index contributed by atoms with van der Waals surface area (Å²) in [6.07, 6.45) is 30.8. The minimum absolute atomic E-state index is 0.0123. The Morgan fingerprint density at radius 2 is 1.47 bits per heavy atom. The molecule has 0 aliphatic heterocycles. The highest BCUT2D eigenvalue weighted by molar-refractivity contribution is 5.28. The Kier molecular flexibility index (Phi) is 6.52. The van der Waals surface area contributed by atoms with Crippen molar-refractivity contribution in [1.82, 2.24) is 0 Å². The van der Waals surface area contributed by atoms with Gasteiger partial charge in [0.05, 0.1) is 23.9 Å². The van der Waals surface area contributed by atoms with Gasteiger partial charge in [-0.15, -0.1) is 0 Å². The topological polar surface area (TPSA) is 27.7 Å². The van der Waals surface area contributed by atoms with Crippen LogP contribution in [-0.4, -0.2) is 18.3 Å². The van der Waals surface area contributed by atoms with Crippen LogP contribution in [0.4, 0.5) is 0 Å².